The fourth-order valence-electron chi connectivity index (χ4n) is 2.29. The van der Waals surface area contributed by atoms with Gasteiger partial charge >= 0.3 is 0 Å². The van der Waals surface area contributed by atoms with Gasteiger partial charge in [-0.05, 0) is 29.8 Å². The number of thiazole rings is 1. The van der Waals surface area contributed by atoms with Crippen LogP contribution in [0.25, 0.3) is 10.2 Å². The summed E-state index contributed by atoms with van der Waals surface area (Å²) in [5.74, 6) is -3.08. The van der Waals surface area contributed by atoms with Crippen molar-refractivity contribution in [1.29, 1.82) is 0 Å². The van der Waals surface area contributed by atoms with E-state index in [1.54, 1.807) is 6.07 Å². The molecule has 0 amide bonds. The first-order valence-corrected chi connectivity index (χ1v) is 9.66. The highest BCUT2D eigenvalue weighted by Crippen LogP contribution is 2.25. The normalized spacial score (nSPS) is 13.3. The molecule has 1 heterocycles. The number of hydrogen-bond acceptors (Lipinski definition) is 5. The number of sulfone groups is 1. The fraction of sp³-hybridized carbons (Fsp3) is 0.188. The van der Waals surface area contributed by atoms with Crippen molar-refractivity contribution < 1.29 is 22.3 Å². The molecule has 0 spiro atoms. The molecular weight excluding hydrogens is 356 g/mol. The molecule has 3 rings (SSSR count). The van der Waals surface area contributed by atoms with E-state index in [4.69, 9.17) is 0 Å². The van der Waals surface area contributed by atoms with Crippen molar-refractivity contribution in [3.05, 3.63) is 64.7 Å². The SMILES string of the molecule is O=S(=O)(Cc1nc2ccccc2s1)C[C@@H](O)c1ccc(F)c(F)c1. The Labute approximate surface area is 141 Å². The van der Waals surface area contributed by atoms with E-state index in [2.05, 4.69) is 4.98 Å². The molecule has 0 saturated carbocycles. The Morgan fingerprint density at radius 3 is 2.58 bits per heavy atom. The van der Waals surface area contributed by atoms with E-state index in [9.17, 15) is 22.3 Å². The molecule has 0 unspecified atom stereocenters. The average Bonchev–Trinajstić information content (AvgIpc) is 2.90. The third-order valence-corrected chi connectivity index (χ3v) is 6.18. The van der Waals surface area contributed by atoms with Crippen LogP contribution in [0.15, 0.2) is 42.5 Å². The lowest BCUT2D eigenvalue weighted by molar-refractivity contribution is 0.201. The van der Waals surface area contributed by atoms with Crippen molar-refractivity contribution in [3.8, 4) is 0 Å². The van der Waals surface area contributed by atoms with Gasteiger partial charge in [-0.25, -0.2) is 22.2 Å². The summed E-state index contributed by atoms with van der Waals surface area (Å²) >= 11 is 1.27. The lowest BCUT2D eigenvalue weighted by Gasteiger charge is -2.11. The Bertz CT molecular complexity index is 953. The molecule has 8 heteroatoms. The van der Waals surface area contributed by atoms with Crippen molar-refractivity contribution in [2.24, 2.45) is 0 Å². The quantitative estimate of drug-likeness (QED) is 0.750. The molecule has 0 saturated heterocycles. The first-order valence-electron chi connectivity index (χ1n) is 7.02. The molecule has 0 bridgehead atoms. The standard InChI is InChI=1S/C16H13F2NO3S2/c17-11-6-5-10(7-12(11)18)14(20)8-24(21,22)9-16-19-13-3-1-2-4-15(13)23-16/h1-7,14,20H,8-9H2/t14-/m1/s1. The molecule has 2 aromatic carbocycles. The number of nitrogens with zero attached hydrogens (tertiary/aromatic N) is 1. The predicted octanol–water partition coefficient (Wildman–Crippen LogP) is 3.22. The summed E-state index contributed by atoms with van der Waals surface area (Å²) in [6.07, 6.45) is -1.43. The van der Waals surface area contributed by atoms with Crippen molar-refractivity contribution in [2.75, 3.05) is 5.75 Å². The lowest BCUT2D eigenvalue weighted by atomic mass is 10.1. The van der Waals surface area contributed by atoms with Crippen LogP contribution in [0.1, 0.15) is 16.7 Å². The second kappa shape index (κ2) is 6.54. The third-order valence-electron chi connectivity index (χ3n) is 3.42. The highest BCUT2D eigenvalue weighted by molar-refractivity contribution is 7.90. The van der Waals surface area contributed by atoms with E-state index in [0.29, 0.717) is 10.5 Å². The maximum absolute atomic E-state index is 13.2. The van der Waals surface area contributed by atoms with Crippen LogP contribution in [0.3, 0.4) is 0 Å². The Morgan fingerprint density at radius 1 is 1.12 bits per heavy atom. The van der Waals surface area contributed by atoms with Gasteiger partial charge in [-0.1, -0.05) is 18.2 Å². The predicted molar refractivity (Wildman–Crippen MR) is 88.4 cm³/mol. The van der Waals surface area contributed by atoms with Gasteiger partial charge in [0.1, 0.15) is 10.8 Å². The van der Waals surface area contributed by atoms with E-state index in [1.165, 1.54) is 11.3 Å². The molecule has 0 fully saturated rings. The van der Waals surface area contributed by atoms with Gasteiger partial charge in [0.2, 0.25) is 0 Å². The summed E-state index contributed by atoms with van der Waals surface area (Å²) < 4.78 is 51.5. The Hall–Kier alpha value is -1.90. The maximum atomic E-state index is 13.2. The molecule has 24 heavy (non-hydrogen) atoms. The Balaban J connectivity index is 1.76. The number of aliphatic hydroxyl groups is 1. The van der Waals surface area contributed by atoms with Gasteiger partial charge in [0, 0.05) is 0 Å². The van der Waals surface area contributed by atoms with Crippen LogP contribution >= 0.6 is 11.3 Å². The second-order valence-corrected chi connectivity index (χ2v) is 8.54. The Kier molecular flexibility index (Phi) is 4.62. The molecule has 0 radical (unpaired) electrons. The lowest BCUT2D eigenvalue weighted by Crippen LogP contribution is -2.16. The summed E-state index contributed by atoms with van der Waals surface area (Å²) in [5.41, 5.74) is 0.732. The van der Waals surface area contributed by atoms with Gasteiger partial charge in [0.05, 0.1) is 22.1 Å². The smallest absolute Gasteiger partial charge is 0.159 e. The molecule has 1 N–H and O–H groups in total. The summed E-state index contributed by atoms with van der Waals surface area (Å²) in [4.78, 5) is 4.25. The first-order chi connectivity index (χ1) is 11.3. The second-order valence-electron chi connectivity index (χ2n) is 5.32. The van der Waals surface area contributed by atoms with Gasteiger partial charge in [0.25, 0.3) is 0 Å². The number of rotatable bonds is 5. The average molecular weight is 369 g/mol. The Morgan fingerprint density at radius 2 is 1.88 bits per heavy atom. The van der Waals surface area contributed by atoms with E-state index in [-0.39, 0.29) is 11.3 Å². The van der Waals surface area contributed by atoms with Crippen LogP contribution in [-0.2, 0) is 15.6 Å². The third kappa shape index (κ3) is 3.77. The zero-order valence-electron chi connectivity index (χ0n) is 12.3. The number of fused-ring (bicyclic) bond motifs is 1. The fourth-order valence-corrected chi connectivity index (χ4v) is 5.05. The van der Waals surface area contributed by atoms with Gasteiger partial charge < -0.3 is 5.11 Å². The zero-order valence-corrected chi connectivity index (χ0v) is 13.9. The number of halogens is 2. The van der Waals surface area contributed by atoms with E-state index >= 15 is 0 Å². The van der Waals surface area contributed by atoms with E-state index < -0.39 is 33.3 Å². The molecular formula is C16H13F2NO3S2. The molecule has 4 nitrogen and oxygen atoms in total. The first kappa shape index (κ1) is 16.9. The van der Waals surface area contributed by atoms with Gasteiger partial charge in [-0.3, -0.25) is 0 Å². The van der Waals surface area contributed by atoms with Crippen LogP contribution in [0.4, 0.5) is 8.78 Å². The molecule has 1 aromatic heterocycles. The molecule has 3 aromatic rings. The molecule has 0 aliphatic carbocycles. The van der Waals surface area contributed by atoms with Gasteiger partial charge in [0.15, 0.2) is 21.5 Å². The van der Waals surface area contributed by atoms with Crippen molar-refractivity contribution in [2.45, 2.75) is 11.9 Å². The zero-order chi connectivity index (χ0) is 17.3. The highest BCUT2D eigenvalue weighted by atomic mass is 32.2. The molecule has 0 aliphatic rings. The number of benzene rings is 2. The maximum Gasteiger partial charge on any atom is 0.159 e. The minimum Gasteiger partial charge on any atom is -0.387 e. The van der Waals surface area contributed by atoms with E-state index in [0.717, 1.165) is 22.9 Å². The van der Waals surface area contributed by atoms with Crippen LogP contribution in [0.2, 0.25) is 0 Å². The molecule has 0 aliphatic heterocycles. The van der Waals surface area contributed by atoms with Crippen LogP contribution < -0.4 is 0 Å². The molecule has 1 atom stereocenters. The van der Waals surface area contributed by atoms with Crippen LogP contribution in [0.5, 0.6) is 0 Å². The van der Waals surface area contributed by atoms with Gasteiger partial charge in [-0.2, -0.15) is 0 Å². The van der Waals surface area contributed by atoms with Gasteiger partial charge in [-0.15, -0.1) is 11.3 Å². The van der Waals surface area contributed by atoms with Crippen molar-refractivity contribution in [1.82, 2.24) is 4.98 Å². The molecule has 126 valence electrons. The van der Waals surface area contributed by atoms with Crippen LogP contribution in [-0.4, -0.2) is 24.3 Å². The van der Waals surface area contributed by atoms with E-state index in [1.807, 2.05) is 18.2 Å². The number of para-hydroxylation sites is 1. The van der Waals surface area contributed by atoms with Crippen molar-refractivity contribution >= 4 is 31.4 Å². The minimum absolute atomic E-state index is 0.0155. The number of aliphatic hydroxyl groups excluding tert-OH is 1. The largest absolute Gasteiger partial charge is 0.387 e. The highest BCUT2D eigenvalue weighted by Gasteiger charge is 2.22. The monoisotopic (exact) mass is 369 g/mol. The number of hydrogen-bond donors (Lipinski definition) is 1. The summed E-state index contributed by atoms with van der Waals surface area (Å²) in [6, 6.07) is 10.1. The van der Waals surface area contributed by atoms with Crippen LogP contribution in [0, 0.1) is 11.6 Å². The van der Waals surface area contributed by atoms with Crippen molar-refractivity contribution in [3.63, 3.8) is 0 Å². The summed E-state index contributed by atoms with van der Waals surface area (Å²) in [7, 11) is -3.67. The minimum atomic E-state index is -3.67. The summed E-state index contributed by atoms with van der Waals surface area (Å²) in [6.45, 7) is 0. The topological polar surface area (TPSA) is 67.3 Å². The number of aromatic nitrogens is 1. The summed E-state index contributed by atoms with van der Waals surface area (Å²) in [5, 5.41) is 10.4.